The molecule has 0 aliphatic heterocycles. The molecule has 1 atom stereocenters. The topological polar surface area (TPSA) is 78.9 Å². The molecule has 7 heteroatoms. The Bertz CT molecular complexity index is 454. The van der Waals surface area contributed by atoms with Crippen LogP contribution in [0.5, 0.6) is 0 Å². The van der Waals surface area contributed by atoms with E-state index in [4.69, 9.17) is 13.3 Å². The Morgan fingerprint density at radius 1 is 0.950 bits per heavy atom. The Morgan fingerprint density at radius 3 is 1.75 bits per heavy atom. The third-order valence-corrected chi connectivity index (χ3v) is 6.48. The van der Waals surface area contributed by atoms with Gasteiger partial charge in [0.25, 0.3) is 17.9 Å². The highest BCUT2D eigenvalue weighted by molar-refractivity contribution is 6.73. The molecule has 110 valence electrons. The third-order valence-electron chi connectivity index (χ3n) is 3.51. The number of allylic oxidation sites excluding steroid dienone is 2. The molecular weight excluding hydrogens is 280 g/mol. The van der Waals surface area contributed by atoms with E-state index in [1.807, 2.05) is 0 Å². The van der Waals surface area contributed by atoms with Crippen LogP contribution in [-0.4, -0.2) is 26.7 Å². The van der Waals surface area contributed by atoms with Crippen molar-refractivity contribution in [1.29, 1.82) is 0 Å². The van der Waals surface area contributed by atoms with Gasteiger partial charge in [0.1, 0.15) is 0 Å². The van der Waals surface area contributed by atoms with Crippen LogP contribution < -0.4 is 0 Å². The summed E-state index contributed by atoms with van der Waals surface area (Å²) >= 11 is 0. The van der Waals surface area contributed by atoms with E-state index in [1.165, 1.54) is 20.8 Å². The Labute approximate surface area is 118 Å². The highest BCUT2D eigenvalue weighted by Gasteiger charge is 2.59. The minimum absolute atomic E-state index is 0.480. The molecule has 0 heterocycles. The fourth-order valence-electron chi connectivity index (χ4n) is 2.97. The van der Waals surface area contributed by atoms with E-state index in [0.717, 1.165) is 30.0 Å². The van der Waals surface area contributed by atoms with Crippen LogP contribution in [0.3, 0.4) is 0 Å². The minimum Gasteiger partial charge on any atom is -0.452 e. The first-order chi connectivity index (χ1) is 9.32. The monoisotopic (exact) mass is 298 g/mol. The molecule has 0 spiro atoms. The zero-order valence-electron chi connectivity index (χ0n) is 11.9. The van der Waals surface area contributed by atoms with Gasteiger partial charge in [-0.2, -0.15) is 0 Å². The van der Waals surface area contributed by atoms with Gasteiger partial charge in [-0.3, -0.25) is 14.4 Å². The maximum Gasteiger partial charge on any atom is 0.738 e. The zero-order chi connectivity index (χ0) is 14.9. The summed E-state index contributed by atoms with van der Waals surface area (Å²) in [7, 11) is -3.77. The summed E-state index contributed by atoms with van der Waals surface area (Å²) in [6.07, 6.45) is 3.56. The van der Waals surface area contributed by atoms with E-state index in [0.29, 0.717) is 12.3 Å². The van der Waals surface area contributed by atoms with Gasteiger partial charge in [0.05, 0.1) is 0 Å². The van der Waals surface area contributed by atoms with Crippen LogP contribution in [0.1, 0.15) is 46.5 Å². The van der Waals surface area contributed by atoms with Gasteiger partial charge in [-0.25, -0.2) is 0 Å². The second-order valence-corrected chi connectivity index (χ2v) is 7.56. The number of fused-ring (bicyclic) bond motifs is 2. The maximum atomic E-state index is 11.4. The summed E-state index contributed by atoms with van der Waals surface area (Å²) in [4.78, 5) is 34.2. The largest absolute Gasteiger partial charge is 0.738 e. The highest BCUT2D eigenvalue weighted by Crippen LogP contribution is 2.47. The van der Waals surface area contributed by atoms with Crippen molar-refractivity contribution in [3.8, 4) is 0 Å². The molecular formula is C13H18O6Si. The first kappa shape index (κ1) is 14.8. The summed E-state index contributed by atoms with van der Waals surface area (Å²) in [5.41, 5.74) is 1.12. The van der Waals surface area contributed by atoms with Gasteiger partial charge in [0.15, 0.2) is 0 Å². The Hall–Kier alpha value is -1.63. The number of carbonyl (C=O) groups excluding carboxylic acids is 3. The predicted octanol–water partition coefficient (Wildman–Crippen LogP) is 1.65. The van der Waals surface area contributed by atoms with Gasteiger partial charge in [0.2, 0.25) is 0 Å². The van der Waals surface area contributed by atoms with Gasteiger partial charge in [-0.1, -0.05) is 5.57 Å². The normalized spacial score (nSPS) is 20.9. The SMILES string of the molecule is CC(=O)O[Si](OC(C)=O)(OC(C)=O)C1=C2CCC(C2)C1. The smallest absolute Gasteiger partial charge is 0.452 e. The van der Waals surface area contributed by atoms with Crippen molar-refractivity contribution in [2.24, 2.45) is 5.92 Å². The van der Waals surface area contributed by atoms with E-state index in [2.05, 4.69) is 0 Å². The molecule has 0 saturated heterocycles. The van der Waals surface area contributed by atoms with Gasteiger partial charge >= 0.3 is 8.80 Å². The summed E-state index contributed by atoms with van der Waals surface area (Å²) in [6, 6.07) is 0. The Kier molecular flexibility index (Phi) is 3.98. The van der Waals surface area contributed by atoms with Crippen LogP contribution in [0, 0.1) is 5.92 Å². The van der Waals surface area contributed by atoms with Crippen LogP contribution in [-0.2, 0) is 27.7 Å². The fraction of sp³-hybridized carbons (Fsp3) is 0.615. The lowest BCUT2D eigenvalue weighted by atomic mass is 10.1. The van der Waals surface area contributed by atoms with Crippen LogP contribution in [0.4, 0.5) is 0 Å². The molecule has 0 N–H and O–H groups in total. The lowest BCUT2D eigenvalue weighted by molar-refractivity contribution is -0.147. The van der Waals surface area contributed by atoms with E-state index < -0.39 is 26.7 Å². The number of carbonyl (C=O) groups is 3. The molecule has 20 heavy (non-hydrogen) atoms. The second kappa shape index (κ2) is 5.39. The van der Waals surface area contributed by atoms with Crippen LogP contribution in [0.15, 0.2) is 10.8 Å². The lowest BCUT2D eigenvalue weighted by Gasteiger charge is -2.29. The molecule has 1 saturated carbocycles. The summed E-state index contributed by atoms with van der Waals surface area (Å²) in [5.74, 6) is -1.37. The minimum atomic E-state index is -3.77. The van der Waals surface area contributed by atoms with Gasteiger partial charge < -0.3 is 13.3 Å². The Balaban J connectivity index is 2.41. The van der Waals surface area contributed by atoms with Crippen molar-refractivity contribution in [2.45, 2.75) is 46.5 Å². The van der Waals surface area contributed by atoms with E-state index in [1.54, 1.807) is 0 Å². The molecule has 2 aliphatic rings. The first-order valence-corrected chi connectivity index (χ1v) is 8.35. The molecule has 6 nitrogen and oxygen atoms in total. The number of hydrogen-bond acceptors (Lipinski definition) is 6. The van der Waals surface area contributed by atoms with Crippen molar-refractivity contribution in [3.63, 3.8) is 0 Å². The molecule has 2 aliphatic carbocycles. The molecule has 0 amide bonds. The summed E-state index contributed by atoms with van der Waals surface area (Å²) in [6.45, 7) is 3.65. The van der Waals surface area contributed by atoms with Crippen LogP contribution in [0.2, 0.25) is 0 Å². The summed E-state index contributed by atoms with van der Waals surface area (Å²) < 4.78 is 15.8. The third kappa shape index (κ3) is 2.92. The number of hydrogen-bond donors (Lipinski definition) is 0. The maximum absolute atomic E-state index is 11.4. The van der Waals surface area contributed by atoms with Crippen molar-refractivity contribution in [1.82, 2.24) is 0 Å². The average Bonchev–Trinajstić information content (AvgIpc) is 2.87. The average molecular weight is 298 g/mol. The van der Waals surface area contributed by atoms with Crippen molar-refractivity contribution in [3.05, 3.63) is 10.8 Å². The van der Waals surface area contributed by atoms with E-state index in [9.17, 15) is 14.4 Å². The van der Waals surface area contributed by atoms with Gasteiger partial charge in [0, 0.05) is 26.0 Å². The molecule has 0 radical (unpaired) electrons. The molecule has 0 aromatic rings. The van der Waals surface area contributed by atoms with Gasteiger partial charge in [-0.05, 0) is 31.6 Å². The lowest BCUT2D eigenvalue weighted by Crippen LogP contribution is -2.52. The molecule has 2 rings (SSSR count). The molecule has 1 fully saturated rings. The van der Waals surface area contributed by atoms with Crippen molar-refractivity contribution < 1.29 is 27.7 Å². The standard InChI is InChI=1S/C13H18O6Si/c1-8(14)17-20(18-9(2)15,19-10(3)16)13-7-11-4-5-12(13)6-11/h11H,4-7H2,1-3H3. The molecule has 0 aromatic carbocycles. The zero-order valence-corrected chi connectivity index (χ0v) is 12.9. The van der Waals surface area contributed by atoms with Crippen LogP contribution in [0.25, 0.3) is 0 Å². The van der Waals surface area contributed by atoms with Crippen molar-refractivity contribution >= 4 is 26.7 Å². The van der Waals surface area contributed by atoms with E-state index in [-0.39, 0.29) is 0 Å². The molecule has 1 unspecified atom stereocenters. The van der Waals surface area contributed by atoms with Crippen LogP contribution >= 0.6 is 0 Å². The highest BCUT2D eigenvalue weighted by atomic mass is 28.4. The predicted molar refractivity (Wildman–Crippen MR) is 70.0 cm³/mol. The van der Waals surface area contributed by atoms with E-state index >= 15 is 0 Å². The van der Waals surface area contributed by atoms with Gasteiger partial charge in [-0.15, -0.1) is 0 Å². The number of rotatable bonds is 4. The summed E-state index contributed by atoms with van der Waals surface area (Å²) in [5, 5.41) is 0.745. The fourth-order valence-corrected chi connectivity index (χ4v) is 5.80. The Morgan fingerprint density at radius 2 is 1.45 bits per heavy atom. The molecule has 2 bridgehead atoms. The van der Waals surface area contributed by atoms with Crippen molar-refractivity contribution in [2.75, 3.05) is 0 Å². The molecule has 0 aromatic heterocycles. The first-order valence-electron chi connectivity index (χ1n) is 6.62. The quantitative estimate of drug-likeness (QED) is 0.734. The second-order valence-electron chi connectivity index (χ2n) is 5.23.